The second kappa shape index (κ2) is 42.6. The monoisotopic (exact) mass is 866 g/mol. The van der Waals surface area contributed by atoms with Crippen LogP contribution >= 0.6 is 0 Å². The van der Waals surface area contributed by atoms with Gasteiger partial charge in [0.1, 0.15) is 24.4 Å². The maximum atomic E-state index is 13.0. The van der Waals surface area contributed by atoms with E-state index >= 15 is 0 Å². The minimum absolute atomic E-state index is 0.175. The van der Waals surface area contributed by atoms with Gasteiger partial charge in [-0.15, -0.1) is 0 Å². The van der Waals surface area contributed by atoms with E-state index in [1.165, 1.54) is 186 Å². The molecule has 6 N–H and O–H groups in total. The molecule has 1 aliphatic heterocycles. The molecule has 0 spiro atoms. The maximum Gasteiger partial charge on any atom is 0.220 e. The Balaban J connectivity index is 2.28. The normalized spacial score (nSPS) is 20.5. The molecule has 1 heterocycles. The third-order valence-electron chi connectivity index (χ3n) is 12.5. The molecule has 1 saturated heterocycles. The van der Waals surface area contributed by atoms with Crippen LogP contribution in [0.4, 0.5) is 0 Å². The predicted octanol–water partition coefficient (Wildman–Crippen LogP) is 11.8. The number of carbonyl (C=O) groups is 1. The minimum atomic E-state index is -1.56. The van der Waals surface area contributed by atoms with Crippen LogP contribution in [0.3, 0.4) is 0 Å². The fourth-order valence-electron chi connectivity index (χ4n) is 8.33. The number of hydrogen-bond donors (Lipinski definition) is 6. The van der Waals surface area contributed by atoms with Gasteiger partial charge in [0.15, 0.2) is 6.29 Å². The summed E-state index contributed by atoms with van der Waals surface area (Å²) in [6.45, 7) is 3.79. The van der Waals surface area contributed by atoms with Crippen LogP contribution in [0, 0.1) is 0 Å². The lowest BCUT2D eigenvalue weighted by Crippen LogP contribution is -2.60. The van der Waals surface area contributed by atoms with E-state index < -0.39 is 49.5 Å². The first kappa shape index (κ1) is 57.7. The van der Waals surface area contributed by atoms with Crippen LogP contribution in [-0.4, -0.2) is 87.5 Å². The van der Waals surface area contributed by atoms with Gasteiger partial charge in [-0.05, 0) is 44.9 Å². The Bertz CT molecular complexity index is 1010. The van der Waals surface area contributed by atoms with Gasteiger partial charge in [-0.1, -0.05) is 218 Å². The average molecular weight is 866 g/mol. The van der Waals surface area contributed by atoms with Crippen molar-refractivity contribution < 1.29 is 39.8 Å². The quantitative estimate of drug-likeness (QED) is 0.0262. The molecule has 0 aromatic heterocycles. The maximum absolute atomic E-state index is 13.0. The number of aliphatic hydroxyl groups excluding tert-OH is 5. The van der Waals surface area contributed by atoms with E-state index in [0.29, 0.717) is 6.42 Å². The molecule has 0 aromatic carbocycles. The highest BCUT2D eigenvalue weighted by molar-refractivity contribution is 5.76. The minimum Gasteiger partial charge on any atom is -0.394 e. The van der Waals surface area contributed by atoms with Crippen LogP contribution < -0.4 is 5.32 Å². The van der Waals surface area contributed by atoms with Crippen molar-refractivity contribution in [2.75, 3.05) is 13.2 Å². The van der Waals surface area contributed by atoms with Gasteiger partial charge in [0, 0.05) is 6.42 Å². The Morgan fingerprint density at radius 1 is 0.541 bits per heavy atom. The Kier molecular flexibility index (Phi) is 40.3. The highest BCUT2D eigenvalue weighted by Gasteiger charge is 2.44. The number of ether oxygens (including phenoxy) is 2. The number of rotatable bonds is 44. The summed E-state index contributed by atoms with van der Waals surface area (Å²) in [7, 11) is 0. The van der Waals surface area contributed by atoms with Crippen LogP contribution in [0.1, 0.15) is 245 Å². The van der Waals surface area contributed by atoms with Crippen LogP contribution in [0.2, 0.25) is 0 Å². The number of nitrogens with one attached hydrogen (secondary N) is 1. The molecule has 1 aliphatic rings. The Morgan fingerprint density at radius 3 is 1.33 bits per heavy atom. The highest BCUT2D eigenvalue weighted by Crippen LogP contribution is 2.23. The SMILES string of the molecule is CCCCCCCC/C=C/CCCCCCCCCCCCCC(=O)N[C@@H](CO[C@H]1O[C@@H](CO)[C@H](O)C(O)C1O)[C@H](O)/C=C/CCCCCCCCCCCCCCCCC. The molecule has 9 heteroatoms. The van der Waals surface area contributed by atoms with Crippen molar-refractivity contribution in [1.82, 2.24) is 5.32 Å². The first-order chi connectivity index (χ1) is 29.8. The van der Waals surface area contributed by atoms with E-state index in [-0.39, 0.29) is 12.5 Å². The highest BCUT2D eigenvalue weighted by atomic mass is 16.7. The van der Waals surface area contributed by atoms with E-state index in [2.05, 4.69) is 31.3 Å². The van der Waals surface area contributed by atoms with Crippen LogP contribution in [0.5, 0.6) is 0 Å². The van der Waals surface area contributed by atoms with Gasteiger partial charge in [-0.2, -0.15) is 0 Å². The molecule has 0 bridgehead atoms. The summed E-state index contributed by atoms with van der Waals surface area (Å²) < 4.78 is 11.2. The molecular formula is C52H99NO8. The lowest BCUT2D eigenvalue weighted by molar-refractivity contribution is -0.302. The fraction of sp³-hybridized carbons (Fsp3) is 0.904. The summed E-state index contributed by atoms with van der Waals surface area (Å²) in [5.41, 5.74) is 0. The smallest absolute Gasteiger partial charge is 0.220 e. The molecule has 1 fully saturated rings. The topological polar surface area (TPSA) is 149 Å². The van der Waals surface area contributed by atoms with E-state index in [1.807, 2.05) is 6.08 Å². The van der Waals surface area contributed by atoms with Crippen LogP contribution in [0.25, 0.3) is 0 Å². The number of carbonyl (C=O) groups excluding carboxylic acids is 1. The van der Waals surface area contributed by atoms with E-state index in [9.17, 15) is 30.3 Å². The molecule has 61 heavy (non-hydrogen) atoms. The van der Waals surface area contributed by atoms with Crippen LogP contribution in [0.15, 0.2) is 24.3 Å². The summed E-state index contributed by atoms with van der Waals surface area (Å²) >= 11 is 0. The Morgan fingerprint density at radius 2 is 0.918 bits per heavy atom. The number of amides is 1. The lowest BCUT2D eigenvalue weighted by Gasteiger charge is -2.40. The van der Waals surface area contributed by atoms with Gasteiger partial charge in [-0.25, -0.2) is 0 Å². The zero-order valence-corrected chi connectivity index (χ0v) is 39.7. The second-order valence-corrected chi connectivity index (χ2v) is 18.3. The number of aliphatic hydroxyl groups is 5. The molecule has 2 unspecified atom stereocenters. The second-order valence-electron chi connectivity index (χ2n) is 18.3. The first-order valence-corrected chi connectivity index (χ1v) is 26.1. The molecule has 1 amide bonds. The van der Waals surface area contributed by atoms with Gasteiger partial charge in [0.2, 0.25) is 5.91 Å². The molecule has 0 radical (unpaired) electrons. The summed E-state index contributed by atoms with van der Waals surface area (Å²) in [5.74, 6) is -0.175. The molecule has 0 aromatic rings. The third-order valence-corrected chi connectivity index (χ3v) is 12.5. The predicted molar refractivity (Wildman–Crippen MR) is 253 cm³/mol. The average Bonchev–Trinajstić information content (AvgIpc) is 3.26. The fourth-order valence-corrected chi connectivity index (χ4v) is 8.33. The van der Waals surface area contributed by atoms with Crippen molar-refractivity contribution in [1.29, 1.82) is 0 Å². The van der Waals surface area contributed by atoms with Crippen molar-refractivity contribution in [3.05, 3.63) is 24.3 Å². The van der Waals surface area contributed by atoms with Crippen molar-refractivity contribution in [3.63, 3.8) is 0 Å². The zero-order valence-electron chi connectivity index (χ0n) is 39.7. The third kappa shape index (κ3) is 32.9. The summed E-state index contributed by atoms with van der Waals surface area (Å²) in [6.07, 6.45) is 45.1. The number of hydrogen-bond acceptors (Lipinski definition) is 8. The summed E-state index contributed by atoms with van der Waals surface area (Å²) in [4.78, 5) is 13.0. The van der Waals surface area contributed by atoms with Crippen molar-refractivity contribution in [3.8, 4) is 0 Å². The van der Waals surface area contributed by atoms with Crippen molar-refractivity contribution >= 4 is 5.91 Å². The standard InChI is InChI=1S/C52H99NO8/c1-3-5-7-9-11-13-15-17-19-21-22-23-24-26-28-30-32-34-36-38-40-42-48(56)53-45(44-60-52-51(59)50(58)49(57)47(43-54)61-52)46(55)41-39-37-35-33-31-29-27-25-20-18-16-14-12-10-8-6-4-2/h17,19,39,41,45-47,49-52,54-55,57-59H,3-16,18,20-38,40,42-44H2,1-2H3,(H,53,56)/b19-17+,41-39+/t45-,46+,47-,49-,50?,51?,52-/m0/s1. The summed E-state index contributed by atoms with van der Waals surface area (Å²) in [5, 5.41) is 54.4. The largest absolute Gasteiger partial charge is 0.394 e. The van der Waals surface area contributed by atoms with E-state index in [4.69, 9.17) is 9.47 Å². The van der Waals surface area contributed by atoms with Gasteiger partial charge in [-0.3, -0.25) is 4.79 Å². The summed E-state index contributed by atoms with van der Waals surface area (Å²) in [6, 6.07) is -0.802. The molecule has 0 saturated carbocycles. The van der Waals surface area contributed by atoms with Gasteiger partial charge >= 0.3 is 0 Å². The molecule has 0 aliphatic carbocycles. The van der Waals surface area contributed by atoms with Crippen molar-refractivity contribution in [2.24, 2.45) is 0 Å². The zero-order chi connectivity index (χ0) is 44.4. The number of allylic oxidation sites excluding steroid dienone is 3. The molecule has 1 rings (SSSR count). The molecule has 7 atom stereocenters. The molecule has 9 nitrogen and oxygen atoms in total. The lowest BCUT2D eigenvalue weighted by atomic mass is 9.99. The Labute approximate surface area is 375 Å². The van der Waals surface area contributed by atoms with Gasteiger partial charge in [0.05, 0.1) is 25.4 Å². The van der Waals surface area contributed by atoms with Crippen molar-refractivity contribution in [2.45, 2.75) is 288 Å². The van der Waals surface area contributed by atoms with Crippen LogP contribution in [-0.2, 0) is 14.3 Å². The molecular weight excluding hydrogens is 767 g/mol. The Hall–Kier alpha value is -1.33. The van der Waals surface area contributed by atoms with E-state index in [1.54, 1.807) is 6.08 Å². The first-order valence-electron chi connectivity index (χ1n) is 26.1. The van der Waals surface area contributed by atoms with Gasteiger partial charge in [0.25, 0.3) is 0 Å². The number of unbranched alkanes of at least 4 members (excludes halogenated alkanes) is 32. The van der Waals surface area contributed by atoms with E-state index in [0.717, 1.165) is 38.5 Å². The van der Waals surface area contributed by atoms with Gasteiger partial charge < -0.3 is 40.3 Å². The molecule has 360 valence electrons.